The Morgan fingerprint density at radius 1 is 1.75 bits per heavy atom. The van der Waals surface area contributed by atoms with Crippen molar-refractivity contribution in [3.63, 3.8) is 0 Å². The minimum atomic E-state index is -0.231. The van der Waals surface area contributed by atoms with Gasteiger partial charge in [0, 0.05) is 4.91 Å². The van der Waals surface area contributed by atoms with Crippen LogP contribution in [0, 0.1) is 5.92 Å². The van der Waals surface area contributed by atoms with Gasteiger partial charge in [-0.3, -0.25) is 4.79 Å². The summed E-state index contributed by atoms with van der Waals surface area (Å²) < 4.78 is 4.79. The largest absolute Gasteiger partial charge is 0.465 e. The second-order valence-electron chi connectivity index (χ2n) is 2.43. The molecular weight excluding hydrogens is 158 g/mol. The van der Waals surface area contributed by atoms with Crippen molar-refractivity contribution < 1.29 is 9.53 Å². The molecule has 68 valence electrons. The van der Waals surface area contributed by atoms with Crippen molar-refractivity contribution >= 4 is 5.97 Å². The zero-order chi connectivity index (χ0) is 9.40. The predicted octanol–water partition coefficient (Wildman–Crippen LogP) is 1.89. The zero-order valence-electron chi connectivity index (χ0n) is 7.36. The molecule has 0 fully saturated rings. The highest BCUT2D eigenvalue weighted by atomic mass is 16.5. The van der Waals surface area contributed by atoms with Crippen LogP contribution in [0.3, 0.4) is 0 Å². The monoisotopic (exact) mass is 171 g/mol. The molecule has 0 saturated heterocycles. The number of hydrogen-bond donors (Lipinski definition) is 0. The number of rotatable bonds is 5. The fraction of sp³-hybridized carbons (Fsp3) is 0.857. The molecule has 5 heteroatoms. The molecule has 12 heavy (non-hydrogen) atoms. The van der Waals surface area contributed by atoms with E-state index in [1.807, 2.05) is 6.92 Å². The van der Waals surface area contributed by atoms with Crippen LogP contribution in [0.25, 0.3) is 10.4 Å². The molecule has 0 N–H and O–H groups in total. The third kappa shape index (κ3) is 4.57. The summed E-state index contributed by atoms with van der Waals surface area (Å²) in [4.78, 5) is 13.5. The summed E-state index contributed by atoms with van der Waals surface area (Å²) in [6.07, 6.45) is 0.764. The van der Waals surface area contributed by atoms with Crippen molar-refractivity contribution in [2.75, 3.05) is 13.2 Å². The van der Waals surface area contributed by atoms with E-state index in [9.17, 15) is 4.79 Å². The average Bonchev–Trinajstić information content (AvgIpc) is 2.10. The van der Waals surface area contributed by atoms with Crippen LogP contribution in [0.4, 0.5) is 0 Å². The van der Waals surface area contributed by atoms with Gasteiger partial charge in [0.25, 0.3) is 0 Å². The number of nitrogens with zero attached hydrogens (tertiary/aromatic N) is 3. The molecule has 0 rings (SSSR count). The van der Waals surface area contributed by atoms with Gasteiger partial charge in [0.1, 0.15) is 0 Å². The molecule has 0 aliphatic heterocycles. The second kappa shape index (κ2) is 6.49. The molecule has 0 bridgehead atoms. The summed E-state index contributed by atoms with van der Waals surface area (Å²) in [5.41, 5.74) is 7.90. The molecule has 1 atom stereocenters. The Morgan fingerprint density at radius 3 is 2.92 bits per heavy atom. The van der Waals surface area contributed by atoms with Crippen LogP contribution in [0.1, 0.15) is 20.3 Å². The Bertz CT molecular complexity index is 187. The molecule has 0 amide bonds. The smallest absolute Gasteiger partial charge is 0.308 e. The number of hydrogen-bond acceptors (Lipinski definition) is 3. The highest BCUT2D eigenvalue weighted by Crippen LogP contribution is 2.02. The van der Waals surface area contributed by atoms with Crippen molar-refractivity contribution in [1.82, 2.24) is 0 Å². The first-order valence-electron chi connectivity index (χ1n) is 3.89. The second-order valence-corrected chi connectivity index (χ2v) is 2.43. The van der Waals surface area contributed by atoms with Gasteiger partial charge in [-0.15, -0.1) is 0 Å². The van der Waals surface area contributed by atoms with Gasteiger partial charge in [-0.25, -0.2) is 0 Å². The third-order valence-corrected chi connectivity index (χ3v) is 1.51. The van der Waals surface area contributed by atoms with E-state index in [1.165, 1.54) is 0 Å². The van der Waals surface area contributed by atoms with Gasteiger partial charge in [-0.2, -0.15) is 0 Å². The lowest BCUT2D eigenvalue weighted by molar-refractivity contribution is -0.147. The Morgan fingerprint density at radius 2 is 2.42 bits per heavy atom. The van der Waals surface area contributed by atoms with Gasteiger partial charge >= 0.3 is 5.97 Å². The van der Waals surface area contributed by atoms with Crippen LogP contribution >= 0.6 is 0 Å². The van der Waals surface area contributed by atoms with E-state index in [-0.39, 0.29) is 25.0 Å². The molecular formula is C7H13N3O2. The van der Waals surface area contributed by atoms with E-state index >= 15 is 0 Å². The minimum Gasteiger partial charge on any atom is -0.465 e. The van der Waals surface area contributed by atoms with Crippen LogP contribution in [0.15, 0.2) is 5.11 Å². The topological polar surface area (TPSA) is 75.1 Å². The van der Waals surface area contributed by atoms with E-state index in [0.717, 1.165) is 6.42 Å². The van der Waals surface area contributed by atoms with Crippen molar-refractivity contribution in [3.8, 4) is 0 Å². The summed E-state index contributed by atoms with van der Waals surface area (Å²) in [6, 6.07) is 0. The number of esters is 1. The van der Waals surface area contributed by atoms with Crippen molar-refractivity contribution in [3.05, 3.63) is 10.4 Å². The molecule has 0 aromatic rings. The molecule has 0 spiro atoms. The molecule has 0 aromatic heterocycles. The lowest BCUT2D eigenvalue weighted by Crippen LogP contribution is -2.15. The highest BCUT2D eigenvalue weighted by molar-refractivity contribution is 5.71. The van der Waals surface area contributed by atoms with Gasteiger partial charge in [-0.1, -0.05) is 19.0 Å². The summed E-state index contributed by atoms with van der Waals surface area (Å²) in [5.74, 6) is -0.304. The van der Waals surface area contributed by atoms with E-state index < -0.39 is 0 Å². The Balaban J connectivity index is 3.50. The lowest BCUT2D eigenvalue weighted by Gasteiger charge is -2.06. The van der Waals surface area contributed by atoms with Crippen LogP contribution in [-0.4, -0.2) is 19.1 Å². The first kappa shape index (κ1) is 10.8. The summed E-state index contributed by atoms with van der Waals surface area (Å²) in [7, 11) is 0. The standard InChI is InChI=1S/C7H13N3O2/c1-3-6(2)7(11)12-5-4-9-10-8/h6H,3-5H2,1-2H3. The maximum absolute atomic E-state index is 11.0. The number of ether oxygens (including phenoxy) is 1. The molecule has 0 aromatic carbocycles. The molecule has 5 nitrogen and oxygen atoms in total. The van der Waals surface area contributed by atoms with Gasteiger partial charge in [0.15, 0.2) is 0 Å². The van der Waals surface area contributed by atoms with Crippen molar-refractivity contribution in [2.45, 2.75) is 20.3 Å². The van der Waals surface area contributed by atoms with Gasteiger partial charge < -0.3 is 4.74 Å². The quantitative estimate of drug-likeness (QED) is 0.208. The highest BCUT2D eigenvalue weighted by Gasteiger charge is 2.10. The average molecular weight is 171 g/mol. The minimum absolute atomic E-state index is 0.0731. The third-order valence-electron chi connectivity index (χ3n) is 1.51. The molecule has 1 unspecified atom stereocenters. The maximum Gasteiger partial charge on any atom is 0.308 e. The van der Waals surface area contributed by atoms with E-state index in [4.69, 9.17) is 10.3 Å². The van der Waals surface area contributed by atoms with Crippen LogP contribution in [-0.2, 0) is 9.53 Å². The SMILES string of the molecule is CCC(C)C(=O)OCCN=[N+]=[N-]. The fourth-order valence-electron chi connectivity index (χ4n) is 0.541. The summed E-state index contributed by atoms with van der Waals surface area (Å²) in [6.45, 7) is 4.10. The van der Waals surface area contributed by atoms with E-state index in [1.54, 1.807) is 6.92 Å². The molecule has 0 saturated carbocycles. The molecule has 0 radical (unpaired) electrons. The van der Waals surface area contributed by atoms with Crippen LogP contribution in [0.5, 0.6) is 0 Å². The van der Waals surface area contributed by atoms with Crippen LogP contribution < -0.4 is 0 Å². The van der Waals surface area contributed by atoms with E-state index in [0.29, 0.717) is 0 Å². The maximum atomic E-state index is 11.0. The normalized spacial score (nSPS) is 11.5. The van der Waals surface area contributed by atoms with Crippen molar-refractivity contribution in [2.24, 2.45) is 11.0 Å². The Hall–Kier alpha value is -1.22. The molecule has 0 heterocycles. The fourth-order valence-corrected chi connectivity index (χ4v) is 0.541. The lowest BCUT2D eigenvalue weighted by atomic mass is 10.1. The van der Waals surface area contributed by atoms with Gasteiger partial charge in [0.2, 0.25) is 0 Å². The van der Waals surface area contributed by atoms with E-state index in [2.05, 4.69) is 10.0 Å². The molecule has 0 aliphatic carbocycles. The van der Waals surface area contributed by atoms with Gasteiger partial charge in [0.05, 0.1) is 19.1 Å². The Labute approximate surface area is 71.3 Å². The number of azide groups is 1. The summed E-state index contributed by atoms with van der Waals surface area (Å²) >= 11 is 0. The number of carbonyl (C=O) groups excluding carboxylic acids is 1. The van der Waals surface area contributed by atoms with Crippen LogP contribution in [0.2, 0.25) is 0 Å². The van der Waals surface area contributed by atoms with Gasteiger partial charge in [-0.05, 0) is 12.0 Å². The number of carbonyl (C=O) groups is 1. The zero-order valence-corrected chi connectivity index (χ0v) is 7.36. The predicted molar refractivity (Wildman–Crippen MR) is 44.4 cm³/mol. The Kier molecular flexibility index (Phi) is 5.83. The first-order valence-corrected chi connectivity index (χ1v) is 3.89. The molecule has 0 aliphatic rings. The van der Waals surface area contributed by atoms with Crippen molar-refractivity contribution in [1.29, 1.82) is 0 Å². The first-order chi connectivity index (χ1) is 5.72. The summed E-state index contributed by atoms with van der Waals surface area (Å²) in [5, 5.41) is 3.23.